The number of H-pyrrole nitrogens is 1. The van der Waals surface area contributed by atoms with E-state index in [2.05, 4.69) is 25.8 Å². The number of alkyl halides is 2. The molecule has 26 heavy (non-hydrogen) atoms. The van der Waals surface area contributed by atoms with Gasteiger partial charge in [-0.3, -0.25) is 14.9 Å². The van der Waals surface area contributed by atoms with Gasteiger partial charge >= 0.3 is 0 Å². The lowest BCUT2D eigenvalue weighted by molar-refractivity contribution is -0.125. The summed E-state index contributed by atoms with van der Waals surface area (Å²) in [6.07, 6.45) is -0.752. The first-order valence-electron chi connectivity index (χ1n) is 7.68. The fourth-order valence-corrected chi connectivity index (χ4v) is 3.14. The van der Waals surface area contributed by atoms with E-state index in [1.807, 2.05) is 24.3 Å². The number of aromatic nitrogens is 3. The summed E-state index contributed by atoms with van der Waals surface area (Å²) in [5.74, 6) is -0.932. The van der Waals surface area contributed by atoms with Crippen molar-refractivity contribution in [3.05, 3.63) is 41.0 Å². The highest BCUT2D eigenvalue weighted by atomic mass is 32.1. The molecule has 2 amide bonds. The summed E-state index contributed by atoms with van der Waals surface area (Å²) in [6.45, 7) is 1.30. The highest BCUT2D eigenvalue weighted by Crippen LogP contribution is 2.25. The Morgan fingerprint density at radius 1 is 1.27 bits per heavy atom. The summed E-state index contributed by atoms with van der Waals surface area (Å²) >= 11 is 0.593. The van der Waals surface area contributed by atoms with Crippen molar-refractivity contribution in [1.29, 1.82) is 0 Å². The van der Waals surface area contributed by atoms with E-state index in [0.29, 0.717) is 11.3 Å². The number of hydrogen-bond acceptors (Lipinski definition) is 5. The van der Waals surface area contributed by atoms with Crippen molar-refractivity contribution in [2.45, 2.75) is 25.8 Å². The van der Waals surface area contributed by atoms with Crippen LogP contribution in [0, 0.1) is 0 Å². The third kappa shape index (κ3) is 4.02. The predicted octanol–water partition coefficient (Wildman–Crippen LogP) is 2.64. The van der Waals surface area contributed by atoms with Gasteiger partial charge in [-0.2, -0.15) is 0 Å². The number of nitrogens with zero attached hydrogens (tertiary/aromatic N) is 2. The van der Waals surface area contributed by atoms with Gasteiger partial charge in [-0.1, -0.05) is 29.5 Å². The number of carbonyl (C=O) groups excluding carboxylic acids is 2. The fraction of sp³-hybridized carbons (Fsp3) is 0.250. The van der Waals surface area contributed by atoms with Crippen molar-refractivity contribution in [3.8, 4) is 0 Å². The van der Waals surface area contributed by atoms with Crippen LogP contribution in [0.25, 0.3) is 10.9 Å². The molecule has 0 fully saturated rings. The molecule has 2 aromatic heterocycles. The number of halogens is 2. The molecule has 0 saturated heterocycles. The van der Waals surface area contributed by atoms with Crippen molar-refractivity contribution in [2.24, 2.45) is 0 Å². The Morgan fingerprint density at radius 3 is 2.73 bits per heavy atom. The van der Waals surface area contributed by atoms with Gasteiger partial charge in [-0.05, 0) is 11.6 Å². The molecule has 3 N–H and O–H groups in total. The Morgan fingerprint density at radius 2 is 2.04 bits per heavy atom. The topological polar surface area (TPSA) is 99.8 Å². The normalized spacial score (nSPS) is 12.3. The largest absolute Gasteiger partial charge is 0.361 e. The number of para-hydroxylation sites is 1. The summed E-state index contributed by atoms with van der Waals surface area (Å²) in [7, 11) is 0. The van der Waals surface area contributed by atoms with Gasteiger partial charge in [0.25, 0.3) is 6.43 Å². The first kappa shape index (κ1) is 17.9. The zero-order chi connectivity index (χ0) is 18.7. The van der Waals surface area contributed by atoms with Crippen molar-refractivity contribution in [3.63, 3.8) is 0 Å². The second-order valence-corrected chi connectivity index (χ2v) is 6.56. The van der Waals surface area contributed by atoms with Crippen LogP contribution >= 0.6 is 11.3 Å². The van der Waals surface area contributed by atoms with Crippen LogP contribution in [0.5, 0.6) is 0 Å². The quantitative estimate of drug-likeness (QED) is 0.613. The fourth-order valence-electron chi connectivity index (χ4n) is 2.54. The second kappa shape index (κ2) is 7.56. The van der Waals surface area contributed by atoms with Gasteiger partial charge in [0.1, 0.15) is 6.04 Å². The number of fused-ring (bicyclic) bond motifs is 1. The molecule has 0 radical (unpaired) electrons. The minimum absolute atomic E-state index is 0.0421. The number of amides is 2. The van der Waals surface area contributed by atoms with Gasteiger partial charge < -0.3 is 10.3 Å². The van der Waals surface area contributed by atoms with Crippen LogP contribution in [-0.2, 0) is 16.0 Å². The molecule has 3 aromatic rings. The minimum atomic E-state index is -2.75. The number of carbonyl (C=O) groups is 2. The van der Waals surface area contributed by atoms with E-state index in [-0.39, 0.29) is 17.5 Å². The maximum Gasteiger partial charge on any atom is 0.291 e. The molecule has 0 bridgehead atoms. The van der Waals surface area contributed by atoms with Crippen LogP contribution in [0.3, 0.4) is 0 Å². The molecule has 3 rings (SSSR count). The molecule has 1 atom stereocenters. The molecule has 0 aliphatic rings. The maximum atomic E-state index is 12.6. The molecule has 0 unspecified atom stereocenters. The van der Waals surface area contributed by atoms with Crippen molar-refractivity contribution < 1.29 is 18.4 Å². The van der Waals surface area contributed by atoms with E-state index in [1.165, 1.54) is 6.92 Å². The zero-order valence-corrected chi connectivity index (χ0v) is 14.4. The third-order valence-corrected chi connectivity index (χ3v) is 4.50. The van der Waals surface area contributed by atoms with E-state index in [1.54, 1.807) is 6.20 Å². The SMILES string of the molecule is CC(=O)N[C@@H](Cc1c[nH]c2ccccc12)C(=O)Nc1nnc(C(F)F)s1. The first-order chi connectivity index (χ1) is 12.4. The van der Waals surface area contributed by atoms with Crippen LogP contribution in [0.2, 0.25) is 0 Å². The second-order valence-electron chi connectivity index (χ2n) is 5.55. The van der Waals surface area contributed by atoms with Crippen LogP contribution in [0.4, 0.5) is 13.9 Å². The number of aromatic amines is 1. The van der Waals surface area contributed by atoms with E-state index < -0.39 is 23.4 Å². The summed E-state index contributed by atoms with van der Waals surface area (Å²) < 4.78 is 25.2. The van der Waals surface area contributed by atoms with Gasteiger partial charge in [0.15, 0.2) is 5.01 Å². The molecule has 0 aliphatic heterocycles. The highest BCUT2D eigenvalue weighted by Gasteiger charge is 2.23. The number of benzene rings is 1. The lowest BCUT2D eigenvalue weighted by Gasteiger charge is -2.16. The van der Waals surface area contributed by atoms with E-state index >= 15 is 0 Å². The average molecular weight is 379 g/mol. The molecular weight excluding hydrogens is 364 g/mol. The molecule has 0 aliphatic carbocycles. The van der Waals surface area contributed by atoms with E-state index in [4.69, 9.17) is 0 Å². The lowest BCUT2D eigenvalue weighted by Crippen LogP contribution is -2.44. The molecule has 0 saturated carbocycles. The predicted molar refractivity (Wildman–Crippen MR) is 93.1 cm³/mol. The summed E-state index contributed by atoms with van der Waals surface area (Å²) in [5, 5.41) is 12.3. The number of anilines is 1. The first-order valence-corrected chi connectivity index (χ1v) is 8.50. The number of rotatable bonds is 6. The minimum Gasteiger partial charge on any atom is -0.361 e. The Balaban J connectivity index is 1.78. The summed E-state index contributed by atoms with van der Waals surface area (Å²) in [5.41, 5.74) is 1.76. The maximum absolute atomic E-state index is 12.6. The zero-order valence-electron chi connectivity index (χ0n) is 13.6. The van der Waals surface area contributed by atoms with Crippen LogP contribution in [0.1, 0.15) is 23.9 Å². The molecule has 10 heteroatoms. The number of hydrogen-bond donors (Lipinski definition) is 3. The lowest BCUT2D eigenvalue weighted by atomic mass is 10.0. The van der Waals surface area contributed by atoms with Gasteiger partial charge in [0.2, 0.25) is 16.9 Å². The van der Waals surface area contributed by atoms with Crippen molar-refractivity contribution in [2.75, 3.05) is 5.32 Å². The van der Waals surface area contributed by atoms with Crippen LogP contribution in [-0.4, -0.2) is 33.0 Å². The average Bonchev–Trinajstić information content (AvgIpc) is 3.21. The molecule has 7 nitrogen and oxygen atoms in total. The highest BCUT2D eigenvalue weighted by molar-refractivity contribution is 7.15. The molecule has 1 aromatic carbocycles. The molecular formula is C16H15F2N5O2S. The Bertz CT molecular complexity index is 940. The van der Waals surface area contributed by atoms with Crippen LogP contribution < -0.4 is 10.6 Å². The molecule has 0 spiro atoms. The Hall–Kier alpha value is -2.88. The van der Waals surface area contributed by atoms with Gasteiger partial charge in [-0.25, -0.2) is 8.78 Å². The third-order valence-electron chi connectivity index (χ3n) is 3.65. The number of nitrogens with one attached hydrogen (secondary N) is 3. The summed E-state index contributed by atoms with van der Waals surface area (Å²) in [4.78, 5) is 27.1. The van der Waals surface area contributed by atoms with Crippen molar-refractivity contribution >= 4 is 39.2 Å². The van der Waals surface area contributed by atoms with E-state index in [0.717, 1.165) is 16.5 Å². The summed E-state index contributed by atoms with van der Waals surface area (Å²) in [6, 6.07) is 6.69. The Kier molecular flexibility index (Phi) is 5.21. The van der Waals surface area contributed by atoms with Gasteiger partial charge in [0, 0.05) is 30.4 Å². The van der Waals surface area contributed by atoms with Gasteiger partial charge in [0.05, 0.1) is 0 Å². The van der Waals surface area contributed by atoms with Crippen molar-refractivity contribution in [1.82, 2.24) is 20.5 Å². The van der Waals surface area contributed by atoms with E-state index in [9.17, 15) is 18.4 Å². The van der Waals surface area contributed by atoms with Gasteiger partial charge in [-0.15, -0.1) is 10.2 Å². The standard InChI is InChI=1S/C16H15F2N5O2S/c1-8(24)20-12(6-9-7-19-11-5-3-2-4-10(9)11)14(25)21-16-23-22-15(26-16)13(17)18/h2-5,7,12-13,19H,6H2,1H3,(H,20,24)(H,21,23,25)/t12-/m0/s1. The van der Waals surface area contributed by atoms with Crippen LogP contribution in [0.15, 0.2) is 30.5 Å². The molecule has 2 heterocycles. The monoisotopic (exact) mass is 379 g/mol. The molecule has 136 valence electrons. The smallest absolute Gasteiger partial charge is 0.291 e. The Labute approximate surface area is 150 Å².